The molecule has 0 radical (unpaired) electrons. The van der Waals surface area contributed by atoms with Crippen LogP contribution in [0.15, 0.2) is 0 Å². The van der Waals surface area contributed by atoms with Crippen LogP contribution in [0.4, 0.5) is 0 Å². The van der Waals surface area contributed by atoms with E-state index in [1.807, 2.05) is 0 Å². The minimum atomic E-state index is -1.86. The minimum absolute atomic E-state index is 1.26. The predicted octanol–water partition coefficient (Wildman–Crippen LogP) is 7.56. The zero-order valence-electron chi connectivity index (χ0n) is 14.7. The number of rotatable bonds is 10. The molecule has 0 atom stereocenters. The van der Waals surface area contributed by atoms with Crippen LogP contribution in [0.3, 0.4) is 0 Å². The van der Waals surface area contributed by atoms with Gasteiger partial charge in [0.15, 0.2) is 0 Å². The molecule has 1 aliphatic rings. The number of hydrogen-bond acceptors (Lipinski definition) is 0. The summed E-state index contributed by atoms with van der Waals surface area (Å²) in [7, 11) is 0. The molecule has 0 N–H and O–H groups in total. The Labute approximate surface area is 133 Å². The van der Waals surface area contributed by atoms with Crippen molar-refractivity contribution in [2.45, 2.75) is 115 Å². The summed E-state index contributed by atoms with van der Waals surface area (Å²) in [6.45, 7) is 7.22. The first-order valence-electron chi connectivity index (χ1n) is 9.79. The second-order valence-corrected chi connectivity index (χ2v) is 21.7. The van der Waals surface area contributed by atoms with Crippen LogP contribution in [0.1, 0.15) is 97.8 Å². The normalized spacial score (nSPS) is 18.1. The fourth-order valence-corrected chi connectivity index (χ4v) is 23.8. The fraction of sp³-hybridized carbons (Fsp3) is 1.00. The molecule has 1 aliphatic carbocycles. The molecule has 0 aromatic carbocycles. The quantitative estimate of drug-likeness (QED) is 0.268. The monoisotopic (exact) mass is 388 g/mol. The van der Waals surface area contributed by atoms with Crippen LogP contribution in [0.25, 0.3) is 0 Å². The van der Waals surface area contributed by atoms with E-state index < -0.39 is 18.4 Å². The number of hydrogen-bond donors (Lipinski definition) is 0. The Balaban J connectivity index is 2.78. The van der Waals surface area contributed by atoms with Crippen LogP contribution in [0, 0.1) is 0 Å². The SMILES string of the molecule is CCC[CH2][Sn]([CH2]CCC)([CH2]CCC)[CH]1CCCCCC1. The zero-order chi connectivity index (χ0) is 14.7. The van der Waals surface area contributed by atoms with E-state index in [0.29, 0.717) is 0 Å². The molecule has 20 heavy (non-hydrogen) atoms. The molecule has 0 aromatic heterocycles. The van der Waals surface area contributed by atoms with Crippen molar-refractivity contribution in [2.24, 2.45) is 0 Å². The van der Waals surface area contributed by atoms with Gasteiger partial charge in [0.1, 0.15) is 0 Å². The predicted molar refractivity (Wildman–Crippen MR) is 96.4 cm³/mol. The van der Waals surface area contributed by atoms with E-state index >= 15 is 0 Å². The Morgan fingerprint density at radius 3 is 1.40 bits per heavy atom. The van der Waals surface area contributed by atoms with E-state index in [4.69, 9.17) is 0 Å². The molecule has 0 aromatic rings. The zero-order valence-corrected chi connectivity index (χ0v) is 17.5. The van der Waals surface area contributed by atoms with Crippen LogP contribution in [0.2, 0.25) is 17.2 Å². The van der Waals surface area contributed by atoms with Gasteiger partial charge in [0.2, 0.25) is 0 Å². The summed E-state index contributed by atoms with van der Waals surface area (Å²) in [5.74, 6) is 0. The van der Waals surface area contributed by atoms with Crippen molar-refractivity contribution in [1.82, 2.24) is 0 Å². The fourth-order valence-electron chi connectivity index (χ4n) is 4.47. The molecule has 1 rings (SSSR count). The molecule has 0 spiro atoms. The Bertz CT molecular complexity index is 194. The summed E-state index contributed by atoms with van der Waals surface area (Å²) >= 11 is -1.86. The van der Waals surface area contributed by atoms with Crippen LogP contribution in [-0.2, 0) is 0 Å². The summed E-state index contributed by atoms with van der Waals surface area (Å²) in [5, 5.41) is 0. The van der Waals surface area contributed by atoms with Gasteiger partial charge in [-0.05, 0) is 0 Å². The molecule has 0 heterocycles. The molecular formula is C19H40Sn. The Morgan fingerprint density at radius 1 is 0.650 bits per heavy atom. The molecule has 0 aliphatic heterocycles. The average molecular weight is 387 g/mol. The molecule has 120 valence electrons. The van der Waals surface area contributed by atoms with Gasteiger partial charge in [0.25, 0.3) is 0 Å². The second-order valence-electron chi connectivity index (χ2n) is 7.36. The topological polar surface area (TPSA) is 0 Å². The van der Waals surface area contributed by atoms with Gasteiger partial charge in [0.05, 0.1) is 0 Å². The molecular weight excluding hydrogens is 347 g/mol. The van der Waals surface area contributed by atoms with Crippen molar-refractivity contribution in [3.8, 4) is 0 Å². The van der Waals surface area contributed by atoms with Crippen molar-refractivity contribution in [1.29, 1.82) is 0 Å². The van der Waals surface area contributed by atoms with Gasteiger partial charge in [0, 0.05) is 0 Å². The molecule has 1 fully saturated rings. The average Bonchev–Trinajstić information content (AvgIpc) is 2.76. The second kappa shape index (κ2) is 11.4. The first kappa shape index (κ1) is 18.8. The third-order valence-corrected chi connectivity index (χ3v) is 24.0. The maximum atomic E-state index is 2.41. The molecule has 0 nitrogen and oxygen atoms in total. The number of unbranched alkanes of at least 4 members (excludes halogenated alkanes) is 3. The van der Waals surface area contributed by atoms with Crippen molar-refractivity contribution in [3.63, 3.8) is 0 Å². The third kappa shape index (κ3) is 6.28. The van der Waals surface area contributed by atoms with Crippen molar-refractivity contribution >= 4 is 18.4 Å². The first-order chi connectivity index (χ1) is 9.79. The standard InChI is InChI=1S/C7H13.3C4H9.Sn/c1-2-4-6-7-5-3-1;3*1-3-4-2;/h1H,2-7H2;3*1,3-4H2,2H3;. The van der Waals surface area contributed by atoms with Gasteiger partial charge in [-0.25, -0.2) is 0 Å². The Hall–Kier alpha value is 0.799. The summed E-state index contributed by atoms with van der Waals surface area (Å²) in [6, 6.07) is 0. The van der Waals surface area contributed by atoms with Crippen LogP contribution < -0.4 is 0 Å². The van der Waals surface area contributed by atoms with Crippen molar-refractivity contribution in [3.05, 3.63) is 0 Å². The van der Waals surface area contributed by atoms with E-state index in [1.54, 1.807) is 58.3 Å². The van der Waals surface area contributed by atoms with E-state index in [9.17, 15) is 0 Å². The summed E-state index contributed by atoms with van der Waals surface area (Å²) in [4.78, 5) is 0. The van der Waals surface area contributed by atoms with E-state index in [2.05, 4.69) is 20.8 Å². The van der Waals surface area contributed by atoms with Crippen molar-refractivity contribution < 1.29 is 0 Å². The van der Waals surface area contributed by atoms with Gasteiger partial charge >= 0.3 is 133 Å². The van der Waals surface area contributed by atoms with E-state index in [0.717, 1.165) is 0 Å². The van der Waals surface area contributed by atoms with Gasteiger partial charge in [-0.2, -0.15) is 0 Å². The first-order valence-corrected chi connectivity index (χ1v) is 17.5. The van der Waals surface area contributed by atoms with Gasteiger partial charge in [-0.15, -0.1) is 0 Å². The Kier molecular flexibility index (Phi) is 10.7. The molecule has 0 saturated heterocycles. The third-order valence-electron chi connectivity index (χ3n) is 5.81. The molecule has 0 unspecified atom stereocenters. The van der Waals surface area contributed by atoms with E-state index in [1.165, 1.54) is 36.0 Å². The van der Waals surface area contributed by atoms with Crippen LogP contribution >= 0.6 is 0 Å². The van der Waals surface area contributed by atoms with Gasteiger partial charge in [-0.3, -0.25) is 0 Å². The molecule has 0 amide bonds. The molecule has 1 heteroatoms. The molecule has 1 saturated carbocycles. The van der Waals surface area contributed by atoms with Gasteiger partial charge in [-0.1, -0.05) is 0 Å². The summed E-state index contributed by atoms with van der Waals surface area (Å²) in [5.41, 5.74) is 0. The van der Waals surface area contributed by atoms with Gasteiger partial charge < -0.3 is 0 Å². The van der Waals surface area contributed by atoms with Crippen LogP contribution in [0.5, 0.6) is 0 Å². The molecule has 0 bridgehead atoms. The summed E-state index contributed by atoms with van der Waals surface area (Å²) in [6.07, 6.45) is 18.4. The van der Waals surface area contributed by atoms with Crippen molar-refractivity contribution in [2.75, 3.05) is 0 Å². The Morgan fingerprint density at radius 2 is 1.05 bits per heavy atom. The summed E-state index contributed by atoms with van der Waals surface area (Å²) < 4.78 is 6.46. The van der Waals surface area contributed by atoms with Crippen LogP contribution in [-0.4, -0.2) is 18.4 Å². The van der Waals surface area contributed by atoms with E-state index in [-0.39, 0.29) is 0 Å². The maximum absolute atomic E-state index is 2.41.